The van der Waals surface area contributed by atoms with Crippen LogP contribution in [0.15, 0.2) is 42.5 Å². The van der Waals surface area contributed by atoms with Crippen molar-refractivity contribution in [1.29, 1.82) is 0 Å². The zero-order valence-corrected chi connectivity index (χ0v) is 12.8. The maximum atomic E-state index is 12.8. The first-order chi connectivity index (χ1) is 10.8. The first-order valence-electron chi connectivity index (χ1n) is 6.40. The highest BCUT2D eigenvalue weighted by atomic mass is 32.1. The third-order valence-electron chi connectivity index (χ3n) is 2.85. The summed E-state index contributed by atoms with van der Waals surface area (Å²) in [6, 6.07) is 9.73. The highest BCUT2D eigenvalue weighted by molar-refractivity contribution is 7.80. The molecule has 4 nitrogen and oxygen atoms in total. The van der Waals surface area contributed by atoms with Crippen molar-refractivity contribution in [3.05, 3.63) is 48.0 Å². The number of alkyl halides is 3. The van der Waals surface area contributed by atoms with E-state index in [0.717, 1.165) is 12.1 Å². The van der Waals surface area contributed by atoms with Crippen molar-refractivity contribution in [3.8, 4) is 17.2 Å². The van der Waals surface area contributed by atoms with Gasteiger partial charge in [0.05, 0.1) is 18.4 Å². The number of halogens is 3. The van der Waals surface area contributed by atoms with E-state index < -0.39 is 11.7 Å². The van der Waals surface area contributed by atoms with Crippen molar-refractivity contribution >= 4 is 23.0 Å². The number of thiocarbonyl (C=S) groups is 1. The first-order valence-corrected chi connectivity index (χ1v) is 6.80. The second-order valence-electron chi connectivity index (χ2n) is 4.45. The molecule has 0 saturated carbocycles. The lowest BCUT2D eigenvalue weighted by Gasteiger charge is -2.16. The minimum absolute atomic E-state index is 0.0123. The van der Waals surface area contributed by atoms with Crippen molar-refractivity contribution < 1.29 is 22.6 Å². The van der Waals surface area contributed by atoms with Crippen LogP contribution in [0.2, 0.25) is 0 Å². The summed E-state index contributed by atoms with van der Waals surface area (Å²) in [6.07, 6.45) is -4.49. The van der Waals surface area contributed by atoms with Gasteiger partial charge >= 0.3 is 6.18 Å². The SMILES string of the molecule is COc1ccccc1Oc1ccc(C(F)(F)F)cc1NC(N)=S. The van der Waals surface area contributed by atoms with Crippen LogP contribution in [-0.4, -0.2) is 12.2 Å². The molecule has 2 aromatic carbocycles. The van der Waals surface area contributed by atoms with Gasteiger partial charge in [-0.05, 0) is 42.5 Å². The predicted molar refractivity (Wildman–Crippen MR) is 84.9 cm³/mol. The van der Waals surface area contributed by atoms with Crippen LogP contribution in [-0.2, 0) is 6.18 Å². The summed E-state index contributed by atoms with van der Waals surface area (Å²) in [4.78, 5) is 0. The molecule has 0 aliphatic heterocycles. The van der Waals surface area contributed by atoms with Crippen LogP contribution >= 0.6 is 12.2 Å². The minimum atomic E-state index is -4.49. The van der Waals surface area contributed by atoms with Crippen LogP contribution in [0.5, 0.6) is 17.2 Å². The van der Waals surface area contributed by atoms with E-state index in [1.165, 1.54) is 13.2 Å². The lowest BCUT2D eigenvalue weighted by Crippen LogP contribution is -2.20. The van der Waals surface area contributed by atoms with Crippen molar-refractivity contribution in [2.24, 2.45) is 5.73 Å². The van der Waals surface area contributed by atoms with E-state index in [1.807, 2.05) is 0 Å². The van der Waals surface area contributed by atoms with Crippen LogP contribution in [0.4, 0.5) is 18.9 Å². The first kappa shape index (κ1) is 16.9. The van der Waals surface area contributed by atoms with Gasteiger partial charge in [-0.3, -0.25) is 0 Å². The number of para-hydroxylation sites is 2. The molecule has 0 unspecified atom stereocenters. The van der Waals surface area contributed by atoms with E-state index in [-0.39, 0.29) is 16.5 Å². The molecule has 0 heterocycles. The molecule has 2 rings (SSSR count). The summed E-state index contributed by atoms with van der Waals surface area (Å²) in [5, 5.41) is 2.31. The Kier molecular flexibility index (Phi) is 4.95. The number of ether oxygens (including phenoxy) is 2. The third-order valence-corrected chi connectivity index (χ3v) is 2.96. The Bertz CT molecular complexity index is 720. The predicted octanol–water partition coefficient (Wildman–Crippen LogP) is 4.16. The molecule has 0 fully saturated rings. The molecule has 0 spiro atoms. The molecule has 0 radical (unpaired) electrons. The van der Waals surface area contributed by atoms with Gasteiger partial charge in [0.2, 0.25) is 0 Å². The summed E-state index contributed by atoms with van der Waals surface area (Å²) in [5.74, 6) is 0.921. The number of benzene rings is 2. The summed E-state index contributed by atoms with van der Waals surface area (Å²) in [5.41, 5.74) is 4.53. The van der Waals surface area contributed by atoms with Crippen LogP contribution in [0.1, 0.15) is 5.56 Å². The van der Waals surface area contributed by atoms with E-state index in [1.54, 1.807) is 24.3 Å². The zero-order chi connectivity index (χ0) is 17.0. The van der Waals surface area contributed by atoms with E-state index in [9.17, 15) is 13.2 Å². The second kappa shape index (κ2) is 6.74. The van der Waals surface area contributed by atoms with E-state index in [4.69, 9.17) is 27.4 Å². The fraction of sp³-hybridized carbons (Fsp3) is 0.133. The van der Waals surface area contributed by atoms with Crippen LogP contribution in [0, 0.1) is 0 Å². The molecular formula is C15H13F3N2O2S. The number of nitrogens with one attached hydrogen (secondary N) is 1. The maximum absolute atomic E-state index is 12.8. The molecule has 2 aromatic rings. The summed E-state index contributed by atoms with van der Waals surface area (Å²) >= 11 is 4.69. The van der Waals surface area contributed by atoms with Crippen molar-refractivity contribution in [3.63, 3.8) is 0 Å². The maximum Gasteiger partial charge on any atom is 0.416 e. The summed E-state index contributed by atoms with van der Waals surface area (Å²) in [6.45, 7) is 0. The Morgan fingerprint density at radius 3 is 2.30 bits per heavy atom. The Morgan fingerprint density at radius 2 is 1.74 bits per heavy atom. The molecule has 0 aromatic heterocycles. The molecule has 0 amide bonds. The zero-order valence-electron chi connectivity index (χ0n) is 12.0. The molecular weight excluding hydrogens is 329 g/mol. The molecule has 23 heavy (non-hydrogen) atoms. The molecule has 0 aliphatic rings. The van der Waals surface area contributed by atoms with E-state index in [2.05, 4.69) is 5.32 Å². The fourth-order valence-electron chi connectivity index (χ4n) is 1.85. The Balaban J connectivity index is 2.42. The molecule has 122 valence electrons. The molecule has 8 heteroatoms. The van der Waals surface area contributed by atoms with Crippen LogP contribution < -0.4 is 20.5 Å². The van der Waals surface area contributed by atoms with Crippen molar-refractivity contribution in [2.45, 2.75) is 6.18 Å². The number of hydrogen-bond donors (Lipinski definition) is 2. The quantitative estimate of drug-likeness (QED) is 0.817. The average molecular weight is 342 g/mol. The van der Waals surface area contributed by atoms with Gasteiger partial charge in [0.15, 0.2) is 22.4 Å². The van der Waals surface area contributed by atoms with Crippen LogP contribution in [0.25, 0.3) is 0 Å². The van der Waals surface area contributed by atoms with E-state index in [0.29, 0.717) is 11.5 Å². The van der Waals surface area contributed by atoms with Crippen molar-refractivity contribution in [1.82, 2.24) is 0 Å². The van der Waals surface area contributed by atoms with Gasteiger partial charge in [-0.25, -0.2) is 0 Å². The number of nitrogens with two attached hydrogens (primary N) is 1. The summed E-state index contributed by atoms with van der Waals surface area (Å²) in [7, 11) is 1.46. The highest BCUT2D eigenvalue weighted by Gasteiger charge is 2.31. The monoisotopic (exact) mass is 342 g/mol. The number of anilines is 1. The Morgan fingerprint density at radius 1 is 1.09 bits per heavy atom. The standard InChI is InChI=1S/C15H13F3N2O2S/c1-21-12-4-2-3-5-13(12)22-11-7-6-9(15(16,17)18)8-10(11)20-14(19)23/h2-8H,1H3,(H3,19,20,23). The van der Waals surface area contributed by atoms with Crippen LogP contribution in [0.3, 0.4) is 0 Å². The topological polar surface area (TPSA) is 56.5 Å². The van der Waals surface area contributed by atoms with Gasteiger partial charge in [0, 0.05) is 0 Å². The molecule has 0 aliphatic carbocycles. The minimum Gasteiger partial charge on any atom is -0.493 e. The number of hydrogen-bond acceptors (Lipinski definition) is 3. The normalized spacial score (nSPS) is 11.0. The molecule has 0 saturated heterocycles. The fourth-order valence-corrected chi connectivity index (χ4v) is 1.96. The van der Waals surface area contributed by atoms with Gasteiger partial charge in [-0.2, -0.15) is 13.2 Å². The third kappa shape index (κ3) is 4.26. The second-order valence-corrected chi connectivity index (χ2v) is 4.89. The molecule has 0 atom stereocenters. The van der Waals surface area contributed by atoms with Gasteiger partial charge in [0.1, 0.15) is 0 Å². The van der Waals surface area contributed by atoms with Gasteiger partial charge in [-0.15, -0.1) is 0 Å². The highest BCUT2D eigenvalue weighted by Crippen LogP contribution is 2.38. The summed E-state index contributed by atoms with van der Waals surface area (Å²) < 4.78 is 49.3. The Hall–Kier alpha value is -2.48. The largest absolute Gasteiger partial charge is 0.493 e. The molecule has 3 N–H and O–H groups in total. The number of rotatable bonds is 4. The number of methoxy groups -OCH3 is 1. The van der Waals surface area contributed by atoms with Gasteiger partial charge in [-0.1, -0.05) is 12.1 Å². The van der Waals surface area contributed by atoms with E-state index >= 15 is 0 Å². The van der Waals surface area contributed by atoms with Gasteiger partial charge in [0.25, 0.3) is 0 Å². The lowest BCUT2D eigenvalue weighted by molar-refractivity contribution is -0.137. The van der Waals surface area contributed by atoms with Gasteiger partial charge < -0.3 is 20.5 Å². The lowest BCUT2D eigenvalue weighted by atomic mass is 10.1. The molecule has 0 bridgehead atoms. The smallest absolute Gasteiger partial charge is 0.416 e. The van der Waals surface area contributed by atoms with Crippen molar-refractivity contribution in [2.75, 3.05) is 12.4 Å². The average Bonchev–Trinajstić information content (AvgIpc) is 2.48. The Labute approximate surface area is 136 Å².